The minimum atomic E-state index is -0.860. The molecule has 2 aromatic heterocycles. The van der Waals surface area contributed by atoms with Gasteiger partial charge in [0.25, 0.3) is 5.56 Å². The molecule has 39 heavy (non-hydrogen) atoms. The monoisotopic (exact) mass is 569 g/mol. The molecular formula is C27H28ClN5O5S. The lowest BCUT2D eigenvalue weighted by atomic mass is 10.1. The molecule has 0 saturated heterocycles. The fourth-order valence-corrected chi connectivity index (χ4v) is 5.04. The topological polar surface area (TPSA) is 117 Å². The van der Waals surface area contributed by atoms with Gasteiger partial charge in [-0.05, 0) is 30.2 Å². The van der Waals surface area contributed by atoms with Crippen molar-refractivity contribution in [2.75, 3.05) is 12.4 Å². The van der Waals surface area contributed by atoms with E-state index < -0.39 is 29.2 Å². The number of carbonyl (C=O) groups is 2. The summed E-state index contributed by atoms with van der Waals surface area (Å²) in [6.45, 7) is 2.17. The second kappa shape index (κ2) is 12.4. The highest BCUT2D eigenvalue weighted by molar-refractivity contribution is 7.99. The van der Waals surface area contributed by atoms with Crippen molar-refractivity contribution in [1.82, 2.24) is 24.0 Å². The average Bonchev–Trinajstić information content (AvgIpc) is 3.29. The first-order chi connectivity index (χ1) is 18.7. The summed E-state index contributed by atoms with van der Waals surface area (Å²) in [6.07, 6.45) is 0.281. The minimum absolute atomic E-state index is 0.0805. The summed E-state index contributed by atoms with van der Waals surface area (Å²) in [5.41, 5.74) is 1.20. The van der Waals surface area contributed by atoms with Crippen LogP contribution in [0.2, 0.25) is 5.02 Å². The number of nitrogens with zero attached hydrogens (tertiary/aromatic N) is 4. The Hall–Kier alpha value is -3.83. The molecule has 2 aromatic carbocycles. The van der Waals surface area contributed by atoms with Gasteiger partial charge in [-0.1, -0.05) is 65.8 Å². The molecule has 4 rings (SSSR count). The Labute approximate surface area is 233 Å². The van der Waals surface area contributed by atoms with Crippen LogP contribution in [0.25, 0.3) is 11.2 Å². The number of imidazole rings is 1. The van der Waals surface area contributed by atoms with Crippen molar-refractivity contribution in [3.05, 3.63) is 91.6 Å². The second-order valence-corrected chi connectivity index (χ2v) is 10.2. The smallest absolute Gasteiger partial charge is 0.332 e. The van der Waals surface area contributed by atoms with E-state index in [4.69, 9.17) is 16.3 Å². The summed E-state index contributed by atoms with van der Waals surface area (Å²) in [5.74, 6) is -1.00. The van der Waals surface area contributed by atoms with Crippen LogP contribution in [0.4, 0.5) is 0 Å². The fraction of sp³-hybridized carbons (Fsp3) is 0.296. The van der Waals surface area contributed by atoms with Crippen molar-refractivity contribution in [2.45, 2.75) is 31.1 Å². The number of benzene rings is 2. The van der Waals surface area contributed by atoms with E-state index in [0.717, 1.165) is 27.5 Å². The van der Waals surface area contributed by atoms with E-state index in [1.54, 1.807) is 30.7 Å². The Morgan fingerprint density at radius 1 is 1.03 bits per heavy atom. The van der Waals surface area contributed by atoms with Crippen LogP contribution in [-0.4, -0.2) is 49.0 Å². The largest absolute Gasteiger partial charge is 0.464 e. The van der Waals surface area contributed by atoms with Crippen LogP contribution in [0.5, 0.6) is 0 Å². The summed E-state index contributed by atoms with van der Waals surface area (Å²) in [5, 5.41) is 3.72. The number of aryl methyl sites for hydroxylation is 1. The van der Waals surface area contributed by atoms with Gasteiger partial charge in [-0.2, -0.15) is 0 Å². The average molecular weight is 570 g/mol. The molecule has 0 fully saturated rings. The van der Waals surface area contributed by atoms with Gasteiger partial charge < -0.3 is 14.6 Å². The lowest BCUT2D eigenvalue weighted by Gasteiger charge is -2.17. The number of amides is 1. The van der Waals surface area contributed by atoms with Crippen LogP contribution in [-0.2, 0) is 41.4 Å². The maximum absolute atomic E-state index is 13.1. The zero-order chi connectivity index (χ0) is 28.1. The van der Waals surface area contributed by atoms with Gasteiger partial charge in [0.2, 0.25) is 5.91 Å². The maximum atomic E-state index is 13.1. The number of fused-ring (bicyclic) bond motifs is 1. The van der Waals surface area contributed by atoms with E-state index in [0.29, 0.717) is 10.2 Å². The molecule has 204 valence electrons. The van der Waals surface area contributed by atoms with Crippen LogP contribution in [0.1, 0.15) is 18.1 Å². The van der Waals surface area contributed by atoms with Crippen LogP contribution in [0, 0.1) is 0 Å². The van der Waals surface area contributed by atoms with Crippen LogP contribution < -0.4 is 16.6 Å². The van der Waals surface area contributed by atoms with E-state index in [1.165, 1.54) is 11.6 Å². The number of halogens is 1. The molecule has 10 nitrogen and oxygen atoms in total. The fourth-order valence-electron chi connectivity index (χ4n) is 4.11. The lowest BCUT2D eigenvalue weighted by molar-refractivity contribution is -0.147. The Morgan fingerprint density at radius 2 is 1.72 bits per heavy atom. The van der Waals surface area contributed by atoms with E-state index >= 15 is 0 Å². The number of hydrogen-bond donors (Lipinski definition) is 1. The Balaban J connectivity index is 1.61. The molecule has 1 N–H and O–H groups in total. The van der Waals surface area contributed by atoms with Crippen LogP contribution >= 0.6 is 23.4 Å². The summed E-state index contributed by atoms with van der Waals surface area (Å²) in [4.78, 5) is 55.7. The first-order valence-electron chi connectivity index (χ1n) is 12.2. The second-order valence-electron chi connectivity index (χ2n) is 8.84. The highest BCUT2D eigenvalue weighted by Gasteiger charge is 2.24. The first kappa shape index (κ1) is 28.2. The standard InChI is InChI=1S/C27H28ClN5O5S/c1-4-38-25(36)20(14-17-8-6-5-7-9-17)29-21(34)16-39-26-30-23-22(24(35)32(3)27(37)31(23)2)33(26)15-18-10-12-19(28)13-11-18/h5-13,20H,4,14-16H2,1-3H3,(H,29,34). The van der Waals surface area contributed by atoms with Gasteiger partial charge in [-0.15, -0.1) is 0 Å². The van der Waals surface area contributed by atoms with Crippen molar-refractivity contribution in [1.29, 1.82) is 0 Å². The van der Waals surface area contributed by atoms with Gasteiger partial charge in [-0.25, -0.2) is 14.6 Å². The van der Waals surface area contributed by atoms with Gasteiger partial charge in [0, 0.05) is 25.5 Å². The Kier molecular flexibility index (Phi) is 8.93. The SMILES string of the molecule is CCOC(=O)C(Cc1ccccc1)NC(=O)CSc1nc2c(c(=O)n(C)c(=O)n2C)n1Cc1ccc(Cl)cc1. The Bertz CT molecular complexity index is 1610. The molecular weight excluding hydrogens is 542 g/mol. The summed E-state index contributed by atoms with van der Waals surface area (Å²) < 4.78 is 9.18. The molecule has 12 heteroatoms. The lowest BCUT2D eigenvalue weighted by Crippen LogP contribution is -2.44. The number of carbonyl (C=O) groups excluding carboxylic acids is 2. The molecule has 0 spiro atoms. The number of aromatic nitrogens is 4. The predicted octanol–water partition coefficient (Wildman–Crippen LogP) is 2.52. The molecule has 2 heterocycles. The molecule has 4 aromatic rings. The first-order valence-corrected chi connectivity index (χ1v) is 13.6. The van der Waals surface area contributed by atoms with E-state index in [2.05, 4.69) is 10.3 Å². The molecule has 1 unspecified atom stereocenters. The number of thioether (sulfide) groups is 1. The number of ether oxygens (including phenoxy) is 1. The third kappa shape index (κ3) is 6.43. The molecule has 0 aliphatic heterocycles. The quantitative estimate of drug-likeness (QED) is 0.230. The van der Waals surface area contributed by atoms with Crippen molar-refractivity contribution in [3.63, 3.8) is 0 Å². The summed E-state index contributed by atoms with van der Waals surface area (Å²) in [6, 6.07) is 15.6. The highest BCUT2D eigenvalue weighted by atomic mass is 35.5. The minimum Gasteiger partial charge on any atom is -0.464 e. The van der Waals surface area contributed by atoms with E-state index in [1.807, 2.05) is 42.5 Å². The maximum Gasteiger partial charge on any atom is 0.332 e. The normalized spacial score (nSPS) is 11.9. The van der Waals surface area contributed by atoms with E-state index in [9.17, 15) is 19.2 Å². The number of rotatable bonds is 10. The number of nitrogens with one attached hydrogen (secondary N) is 1. The van der Waals surface area contributed by atoms with Crippen molar-refractivity contribution < 1.29 is 14.3 Å². The Morgan fingerprint density at radius 3 is 2.38 bits per heavy atom. The predicted molar refractivity (Wildman–Crippen MR) is 150 cm³/mol. The van der Waals surface area contributed by atoms with E-state index in [-0.39, 0.29) is 36.5 Å². The summed E-state index contributed by atoms with van der Waals surface area (Å²) in [7, 11) is 2.95. The molecule has 0 aliphatic rings. The summed E-state index contributed by atoms with van der Waals surface area (Å²) >= 11 is 7.14. The molecule has 0 radical (unpaired) electrons. The zero-order valence-electron chi connectivity index (χ0n) is 21.7. The molecule has 0 saturated carbocycles. The molecule has 1 amide bonds. The van der Waals surface area contributed by atoms with Crippen molar-refractivity contribution in [3.8, 4) is 0 Å². The van der Waals surface area contributed by atoms with Gasteiger partial charge >= 0.3 is 11.7 Å². The molecule has 0 aliphatic carbocycles. The van der Waals surface area contributed by atoms with Gasteiger partial charge in [0.05, 0.1) is 18.9 Å². The van der Waals surface area contributed by atoms with Gasteiger partial charge in [-0.3, -0.25) is 18.7 Å². The highest BCUT2D eigenvalue weighted by Crippen LogP contribution is 2.23. The third-order valence-electron chi connectivity index (χ3n) is 6.09. The number of hydrogen-bond acceptors (Lipinski definition) is 7. The zero-order valence-corrected chi connectivity index (χ0v) is 23.3. The third-order valence-corrected chi connectivity index (χ3v) is 7.32. The van der Waals surface area contributed by atoms with Gasteiger partial charge in [0.15, 0.2) is 16.3 Å². The van der Waals surface area contributed by atoms with Crippen molar-refractivity contribution in [2.24, 2.45) is 14.1 Å². The molecule has 0 bridgehead atoms. The van der Waals surface area contributed by atoms with Crippen molar-refractivity contribution >= 4 is 46.4 Å². The van der Waals surface area contributed by atoms with Crippen LogP contribution in [0.15, 0.2) is 69.3 Å². The molecule has 1 atom stereocenters. The number of esters is 1. The van der Waals surface area contributed by atoms with Gasteiger partial charge in [0.1, 0.15) is 6.04 Å². The van der Waals surface area contributed by atoms with Crippen LogP contribution in [0.3, 0.4) is 0 Å².